The van der Waals surface area contributed by atoms with E-state index in [1.165, 1.54) is 97.8 Å². The highest BCUT2D eigenvalue weighted by atomic mass is 15.4. The normalized spacial score (nSPS) is 26.1. The quantitative estimate of drug-likeness (QED) is 0.296. The van der Waals surface area contributed by atoms with Crippen molar-refractivity contribution >= 4 is 5.70 Å². The Labute approximate surface area is 223 Å². The highest BCUT2D eigenvalue weighted by Gasteiger charge is 2.47. The van der Waals surface area contributed by atoms with Gasteiger partial charge in [-0.2, -0.15) is 0 Å². The van der Waals surface area contributed by atoms with Crippen molar-refractivity contribution in [1.29, 1.82) is 0 Å². The van der Waals surface area contributed by atoms with Crippen LogP contribution in [0.25, 0.3) is 5.70 Å². The van der Waals surface area contributed by atoms with Gasteiger partial charge in [0.1, 0.15) is 0 Å². The standard InChI is InChI=1S/C33H44N4/c1-4-5-6-7-8-9-10-11-12-13-14-25-23-30(37-22-21-35-36-37)32(2)20-19-29-28(31(25)32)18-16-26-15-17-27(34)24-33(26,29)3/h15-23H,4-14,24,34H2,1-3H3/t32-,33-/m1/s1. The van der Waals surface area contributed by atoms with Crippen molar-refractivity contribution < 1.29 is 0 Å². The molecule has 4 heteroatoms. The van der Waals surface area contributed by atoms with Crippen LogP contribution in [0.4, 0.5) is 0 Å². The molecule has 2 N–H and O–H groups in total. The molecule has 0 fully saturated rings. The Morgan fingerprint density at radius 1 is 0.919 bits per heavy atom. The first-order chi connectivity index (χ1) is 18.0. The molecule has 37 heavy (non-hydrogen) atoms. The highest BCUT2D eigenvalue weighted by molar-refractivity contribution is 5.79. The lowest BCUT2D eigenvalue weighted by molar-refractivity contribution is 0.473. The van der Waals surface area contributed by atoms with Gasteiger partial charge in [0.2, 0.25) is 0 Å². The lowest BCUT2D eigenvalue weighted by Gasteiger charge is -2.43. The predicted octanol–water partition coefficient (Wildman–Crippen LogP) is 8.36. The Balaban J connectivity index is 1.34. The highest BCUT2D eigenvalue weighted by Crippen LogP contribution is 2.59. The maximum atomic E-state index is 6.35. The molecule has 0 spiro atoms. The molecule has 0 saturated heterocycles. The lowest BCUT2D eigenvalue weighted by atomic mass is 9.60. The SMILES string of the molecule is CCCCCCCCCCCCC1=C2C3=C(C=C[C@]2(C)C(n2ccnn2)=C1)[C@]1(C)CC(N)=CC=C1C=C3. The van der Waals surface area contributed by atoms with Crippen LogP contribution in [0.5, 0.6) is 0 Å². The first kappa shape index (κ1) is 25.8. The zero-order valence-corrected chi connectivity index (χ0v) is 23.1. The van der Waals surface area contributed by atoms with Crippen LogP contribution in [0.1, 0.15) is 97.8 Å². The van der Waals surface area contributed by atoms with Crippen LogP contribution in [0.15, 0.2) is 88.5 Å². The average Bonchev–Trinajstić information content (AvgIpc) is 3.50. The van der Waals surface area contributed by atoms with E-state index in [-0.39, 0.29) is 10.8 Å². The Morgan fingerprint density at radius 2 is 1.65 bits per heavy atom. The van der Waals surface area contributed by atoms with Crippen molar-refractivity contribution in [1.82, 2.24) is 15.0 Å². The first-order valence-corrected chi connectivity index (χ1v) is 14.6. The van der Waals surface area contributed by atoms with E-state index in [0.29, 0.717) is 0 Å². The summed E-state index contributed by atoms with van der Waals surface area (Å²) in [6.45, 7) is 6.99. The van der Waals surface area contributed by atoms with Gasteiger partial charge in [-0.25, -0.2) is 4.68 Å². The summed E-state index contributed by atoms with van der Waals surface area (Å²) < 4.78 is 1.96. The van der Waals surface area contributed by atoms with E-state index in [2.05, 4.69) is 73.6 Å². The van der Waals surface area contributed by atoms with Crippen molar-refractivity contribution in [2.45, 2.75) is 97.8 Å². The molecule has 0 bridgehead atoms. The predicted molar refractivity (Wildman–Crippen MR) is 154 cm³/mol. The number of hydrogen-bond donors (Lipinski definition) is 1. The zero-order valence-electron chi connectivity index (χ0n) is 23.1. The molecule has 4 nitrogen and oxygen atoms in total. The number of nitrogens with zero attached hydrogens (tertiary/aromatic N) is 3. The number of allylic oxidation sites excluding steroid dienone is 14. The summed E-state index contributed by atoms with van der Waals surface area (Å²) in [7, 11) is 0. The molecule has 5 rings (SSSR count). The van der Waals surface area contributed by atoms with E-state index in [0.717, 1.165) is 18.5 Å². The van der Waals surface area contributed by atoms with Gasteiger partial charge in [-0.1, -0.05) is 107 Å². The van der Waals surface area contributed by atoms with Crippen LogP contribution in [0, 0.1) is 10.8 Å². The Hall–Kier alpha value is -2.88. The van der Waals surface area contributed by atoms with Gasteiger partial charge in [0, 0.05) is 17.5 Å². The van der Waals surface area contributed by atoms with Gasteiger partial charge in [-0.15, -0.1) is 5.10 Å². The summed E-state index contributed by atoms with van der Waals surface area (Å²) in [5, 5.41) is 8.51. The number of unbranched alkanes of at least 4 members (excludes halogenated alkanes) is 9. The summed E-state index contributed by atoms with van der Waals surface area (Å²) in [5.74, 6) is 0. The van der Waals surface area contributed by atoms with Gasteiger partial charge in [0.25, 0.3) is 0 Å². The molecule has 0 unspecified atom stereocenters. The molecule has 4 aliphatic carbocycles. The number of aromatic nitrogens is 3. The van der Waals surface area contributed by atoms with Crippen LogP contribution in [-0.4, -0.2) is 15.0 Å². The summed E-state index contributed by atoms with van der Waals surface area (Å²) in [5.41, 5.74) is 15.3. The van der Waals surface area contributed by atoms with E-state index in [9.17, 15) is 0 Å². The van der Waals surface area contributed by atoms with Gasteiger partial charge in [-0.3, -0.25) is 0 Å². The smallest absolute Gasteiger partial charge is 0.0697 e. The molecular formula is C33H44N4. The molecule has 196 valence electrons. The second kappa shape index (κ2) is 10.8. The minimum atomic E-state index is -0.210. The van der Waals surface area contributed by atoms with Crippen molar-refractivity contribution in [3.05, 3.63) is 88.5 Å². The van der Waals surface area contributed by atoms with Crippen molar-refractivity contribution in [3.63, 3.8) is 0 Å². The molecule has 0 amide bonds. The molecule has 2 atom stereocenters. The summed E-state index contributed by atoms with van der Waals surface area (Å²) in [6, 6.07) is 0. The van der Waals surface area contributed by atoms with Gasteiger partial charge in [0.05, 0.1) is 23.5 Å². The summed E-state index contributed by atoms with van der Waals surface area (Å²) in [4.78, 5) is 0. The van der Waals surface area contributed by atoms with Gasteiger partial charge < -0.3 is 5.73 Å². The molecule has 0 saturated carbocycles. The first-order valence-electron chi connectivity index (χ1n) is 14.6. The number of nitrogens with two attached hydrogens (primary N) is 1. The second-order valence-electron chi connectivity index (χ2n) is 11.8. The molecule has 4 aliphatic rings. The fraction of sp³-hybridized carbons (Fsp3) is 0.515. The molecule has 1 heterocycles. The van der Waals surface area contributed by atoms with Crippen molar-refractivity contribution in [2.24, 2.45) is 16.6 Å². The largest absolute Gasteiger partial charge is 0.402 e. The van der Waals surface area contributed by atoms with Crippen LogP contribution in [0.2, 0.25) is 0 Å². The second-order valence-corrected chi connectivity index (χ2v) is 11.8. The van der Waals surface area contributed by atoms with Gasteiger partial charge in [0.15, 0.2) is 0 Å². The van der Waals surface area contributed by atoms with E-state index in [4.69, 9.17) is 5.73 Å². The van der Waals surface area contributed by atoms with Crippen LogP contribution in [-0.2, 0) is 0 Å². The Morgan fingerprint density at radius 3 is 2.35 bits per heavy atom. The zero-order chi connectivity index (χ0) is 25.9. The third-order valence-electron chi connectivity index (χ3n) is 8.99. The molecule has 1 aromatic heterocycles. The van der Waals surface area contributed by atoms with Crippen LogP contribution < -0.4 is 5.73 Å². The third-order valence-corrected chi connectivity index (χ3v) is 8.99. The fourth-order valence-corrected chi connectivity index (χ4v) is 6.85. The van der Waals surface area contributed by atoms with E-state index in [1.807, 2.05) is 10.9 Å². The minimum absolute atomic E-state index is 0.0774. The van der Waals surface area contributed by atoms with Gasteiger partial charge in [-0.05, 0) is 59.8 Å². The molecule has 0 aromatic carbocycles. The third kappa shape index (κ3) is 4.87. The maximum absolute atomic E-state index is 6.35. The summed E-state index contributed by atoms with van der Waals surface area (Å²) in [6.07, 6.45) is 35.4. The lowest BCUT2D eigenvalue weighted by Crippen LogP contribution is -2.33. The minimum Gasteiger partial charge on any atom is -0.402 e. The average molecular weight is 497 g/mol. The molecule has 0 aliphatic heterocycles. The number of fused-ring (bicyclic) bond motifs is 4. The fourth-order valence-electron chi connectivity index (χ4n) is 6.85. The van der Waals surface area contributed by atoms with Crippen molar-refractivity contribution in [3.8, 4) is 0 Å². The van der Waals surface area contributed by atoms with Crippen LogP contribution in [0.3, 0.4) is 0 Å². The topological polar surface area (TPSA) is 56.7 Å². The van der Waals surface area contributed by atoms with Crippen LogP contribution >= 0.6 is 0 Å². The van der Waals surface area contributed by atoms with E-state index in [1.54, 1.807) is 6.20 Å². The maximum Gasteiger partial charge on any atom is 0.0697 e. The number of rotatable bonds is 12. The van der Waals surface area contributed by atoms with Gasteiger partial charge >= 0.3 is 0 Å². The monoisotopic (exact) mass is 496 g/mol. The number of hydrogen-bond acceptors (Lipinski definition) is 3. The Kier molecular flexibility index (Phi) is 7.55. The Bertz CT molecular complexity index is 1220. The van der Waals surface area contributed by atoms with E-state index < -0.39 is 0 Å². The molecular weight excluding hydrogens is 452 g/mol. The van der Waals surface area contributed by atoms with Crippen molar-refractivity contribution in [2.75, 3.05) is 0 Å². The molecule has 0 radical (unpaired) electrons. The molecule has 1 aromatic rings. The van der Waals surface area contributed by atoms with E-state index >= 15 is 0 Å². The summed E-state index contributed by atoms with van der Waals surface area (Å²) >= 11 is 0.